The van der Waals surface area contributed by atoms with Gasteiger partial charge in [0.05, 0.1) is 6.61 Å². The third-order valence-corrected chi connectivity index (χ3v) is 2.36. The van der Waals surface area contributed by atoms with Gasteiger partial charge in [-0.15, -0.1) is 6.58 Å². The molecule has 0 unspecified atom stereocenters. The topological polar surface area (TPSA) is 34.1 Å². The van der Waals surface area contributed by atoms with Crippen LogP contribution in [0.25, 0.3) is 0 Å². The van der Waals surface area contributed by atoms with Gasteiger partial charge >= 0.3 is 0 Å². The van der Waals surface area contributed by atoms with E-state index in [2.05, 4.69) is 23.8 Å². The van der Waals surface area contributed by atoms with E-state index in [1.54, 1.807) is 6.20 Å². The summed E-state index contributed by atoms with van der Waals surface area (Å²) in [7, 11) is 0. The normalized spacial score (nSPS) is 10.2. The van der Waals surface area contributed by atoms with Crippen molar-refractivity contribution in [1.29, 1.82) is 0 Å². The predicted molar refractivity (Wildman–Crippen MR) is 71.2 cm³/mol. The van der Waals surface area contributed by atoms with Gasteiger partial charge in [0, 0.05) is 24.7 Å². The molecule has 0 aromatic carbocycles. The van der Waals surface area contributed by atoms with Crippen LogP contribution >= 0.6 is 0 Å². The van der Waals surface area contributed by atoms with Gasteiger partial charge in [-0.25, -0.2) is 4.98 Å². The number of hydrogen-bond donors (Lipinski definition) is 1. The molecule has 1 aromatic rings. The van der Waals surface area contributed by atoms with Crippen LogP contribution in [0.5, 0.6) is 5.88 Å². The highest BCUT2D eigenvalue weighted by Gasteiger charge is 2.03. The molecule has 1 rings (SSSR count). The molecular formula is C14H22N2O. The smallest absolute Gasteiger partial charge is 0.217 e. The van der Waals surface area contributed by atoms with Crippen LogP contribution in [-0.4, -0.2) is 18.1 Å². The number of hydrogen-bond acceptors (Lipinski definition) is 3. The predicted octanol–water partition coefficient (Wildman–Crippen LogP) is 2.93. The van der Waals surface area contributed by atoms with Gasteiger partial charge in [0.1, 0.15) is 0 Å². The fraction of sp³-hybridized carbons (Fsp3) is 0.500. The Bertz CT molecular complexity index is 350. The van der Waals surface area contributed by atoms with Crippen molar-refractivity contribution >= 4 is 0 Å². The van der Waals surface area contributed by atoms with E-state index in [1.165, 1.54) is 0 Å². The molecule has 0 atom stereocenters. The van der Waals surface area contributed by atoms with Gasteiger partial charge in [-0.2, -0.15) is 0 Å². The largest absolute Gasteiger partial charge is 0.477 e. The quantitative estimate of drug-likeness (QED) is 0.554. The molecule has 0 aliphatic carbocycles. The van der Waals surface area contributed by atoms with Gasteiger partial charge in [0.25, 0.3) is 0 Å². The number of ether oxygens (including phenoxy) is 1. The van der Waals surface area contributed by atoms with Crippen molar-refractivity contribution in [2.45, 2.75) is 33.2 Å². The van der Waals surface area contributed by atoms with Crippen LogP contribution in [0.4, 0.5) is 0 Å². The highest BCUT2D eigenvalue weighted by atomic mass is 16.5. The second-order valence-electron chi connectivity index (χ2n) is 4.20. The van der Waals surface area contributed by atoms with Gasteiger partial charge in [-0.1, -0.05) is 18.6 Å². The zero-order chi connectivity index (χ0) is 12.5. The molecule has 94 valence electrons. The molecule has 1 aromatic heterocycles. The fourth-order valence-electron chi connectivity index (χ4n) is 1.41. The molecule has 0 aliphatic rings. The van der Waals surface area contributed by atoms with Crippen LogP contribution < -0.4 is 10.1 Å². The number of nitrogens with one attached hydrogen (secondary N) is 1. The van der Waals surface area contributed by atoms with E-state index < -0.39 is 0 Å². The van der Waals surface area contributed by atoms with Gasteiger partial charge in [-0.05, 0) is 26.0 Å². The van der Waals surface area contributed by atoms with Crippen molar-refractivity contribution in [3.8, 4) is 5.88 Å². The minimum absolute atomic E-state index is 0.646. The fourth-order valence-corrected chi connectivity index (χ4v) is 1.41. The summed E-state index contributed by atoms with van der Waals surface area (Å²) in [5, 5.41) is 3.35. The van der Waals surface area contributed by atoms with E-state index in [9.17, 15) is 0 Å². The lowest BCUT2D eigenvalue weighted by Crippen LogP contribution is -2.15. The molecule has 0 amide bonds. The van der Waals surface area contributed by atoms with Crippen molar-refractivity contribution < 1.29 is 4.74 Å². The molecular weight excluding hydrogens is 212 g/mol. The summed E-state index contributed by atoms with van der Waals surface area (Å²) in [5.74, 6) is 0.734. The Morgan fingerprint density at radius 3 is 3.06 bits per heavy atom. The van der Waals surface area contributed by atoms with E-state index >= 15 is 0 Å². The molecule has 0 bridgehead atoms. The van der Waals surface area contributed by atoms with Crippen molar-refractivity contribution in [2.24, 2.45) is 0 Å². The molecule has 3 nitrogen and oxygen atoms in total. The summed E-state index contributed by atoms with van der Waals surface area (Å²) in [5.41, 5.74) is 2.24. The van der Waals surface area contributed by atoms with Gasteiger partial charge in [0.2, 0.25) is 5.88 Å². The number of nitrogens with zero attached hydrogens (tertiary/aromatic N) is 1. The average molecular weight is 234 g/mol. The Hall–Kier alpha value is -1.35. The minimum atomic E-state index is 0.646. The first kappa shape index (κ1) is 13.7. The average Bonchev–Trinajstić information content (AvgIpc) is 2.31. The molecule has 0 fully saturated rings. The highest BCUT2D eigenvalue weighted by Crippen LogP contribution is 2.14. The number of rotatable bonds is 8. The maximum absolute atomic E-state index is 5.67. The van der Waals surface area contributed by atoms with Crippen molar-refractivity contribution in [2.75, 3.05) is 13.2 Å². The zero-order valence-electron chi connectivity index (χ0n) is 10.8. The van der Waals surface area contributed by atoms with Crippen LogP contribution in [0, 0.1) is 0 Å². The summed E-state index contributed by atoms with van der Waals surface area (Å²) in [6.45, 7) is 10.5. The summed E-state index contributed by atoms with van der Waals surface area (Å²) < 4.78 is 5.67. The Morgan fingerprint density at radius 1 is 1.53 bits per heavy atom. The highest BCUT2D eigenvalue weighted by molar-refractivity contribution is 5.25. The Kier molecular flexibility index (Phi) is 6.33. The summed E-state index contributed by atoms with van der Waals surface area (Å²) >= 11 is 0. The van der Waals surface area contributed by atoms with Gasteiger partial charge in [0.15, 0.2) is 0 Å². The number of pyridine rings is 1. The summed E-state index contributed by atoms with van der Waals surface area (Å²) in [6.07, 6.45) is 3.77. The zero-order valence-corrected chi connectivity index (χ0v) is 10.8. The SMILES string of the molecule is C=C(C)CCOc1ncccc1CNCCC. The summed E-state index contributed by atoms with van der Waals surface area (Å²) in [4.78, 5) is 4.26. The lowest BCUT2D eigenvalue weighted by atomic mass is 10.2. The third kappa shape index (κ3) is 5.50. The minimum Gasteiger partial charge on any atom is -0.477 e. The van der Waals surface area contributed by atoms with Crippen LogP contribution in [0.1, 0.15) is 32.3 Å². The Labute approximate surface area is 104 Å². The molecule has 3 heteroatoms. The molecule has 0 saturated carbocycles. The molecule has 0 aliphatic heterocycles. The molecule has 1 N–H and O–H groups in total. The van der Waals surface area contributed by atoms with Crippen LogP contribution in [0.15, 0.2) is 30.5 Å². The second kappa shape index (κ2) is 7.85. The van der Waals surface area contributed by atoms with Crippen LogP contribution in [0.2, 0.25) is 0 Å². The lowest BCUT2D eigenvalue weighted by molar-refractivity contribution is 0.305. The van der Waals surface area contributed by atoms with E-state index in [0.717, 1.165) is 42.9 Å². The molecule has 17 heavy (non-hydrogen) atoms. The third-order valence-electron chi connectivity index (χ3n) is 2.36. The van der Waals surface area contributed by atoms with E-state index in [0.29, 0.717) is 6.61 Å². The van der Waals surface area contributed by atoms with Gasteiger partial charge in [-0.3, -0.25) is 0 Å². The Morgan fingerprint density at radius 2 is 2.35 bits per heavy atom. The first-order valence-corrected chi connectivity index (χ1v) is 6.15. The van der Waals surface area contributed by atoms with E-state index in [-0.39, 0.29) is 0 Å². The molecule has 0 radical (unpaired) electrons. The lowest BCUT2D eigenvalue weighted by Gasteiger charge is -2.10. The second-order valence-corrected chi connectivity index (χ2v) is 4.20. The maximum Gasteiger partial charge on any atom is 0.217 e. The van der Waals surface area contributed by atoms with Gasteiger partial charge < -0.3 is 10.1 Å². The van der Waals surface area contributed by atoms with Crippen molar-refractivity contribution in [1.82, 2.24) is 10.3 Å². The molecule has 0 spiro atoms. The van der Waals surface area contributed by atoms with Crippen LogP contribution in [-0.2, 0) is 6.54 Å². The first-order chi connectivity index (χ1) is 8.24. The van der Waals surface area contributed by atoms with E-state index in [4.69, 9.17) is 4.74 Å². The summed E-state index contributed by atoms with van der Waals surface area (Å²) in [6, 6.07) is 3.99. The van der Waals surface area contributed by atoms with E-state index in [1.807, 2.05) is 19.1 Å². The van der Waals surface area contributed by atoms with Crippen molar-refractivity contribution in [3.05, 3.63) is 36.0 Å². The number of aromatic nitrogens is 1. The standard InChI is InChI=1S/C14H22N2O/c1-4-8-15-11-13-6-5-9-16-14(13)17-10-7-12(2)3/h5-6,9,15H,2,4,7-8,10-11H2,1,3H3. The Balaban J connectivity index is 2.48. The maximum atomic E-state index is 5.67. The monoisotopic (exact) mass is 234 g/mol. The molecule has 1 heterocycles. The van der Waals surface area contributed by atoms with Crippen LogP contribution in [0.3, 0.4) is 0 Å². The first-order valence-electron chi connectivity index (χ1n) is 6.15. The van der Waals surface area contributed by atoms with Crippen molar-refractivity contribution in [3.63, 3.8) is 0 Å². The molecule has 0 saturated heterocycles.